The number of hydrogen-bond donors (Lipinski definition) is 0. The number of hydrogen-bond acceptors (Lipinski definition) is 2. The first kappa shape index (κ1) is 13.9. The number of carbonyl (C=O) groups excluding carboxylic acids is 2. The van der Waals surface area contributed by atoms with Crippen LogP contribution in [-0.2, 0) is 15.0 Å². The average molecular weight is 253 g/mol. The molecule has 0 amide bonds. The van der Waals surface area contributed by atoms with Gasteiger partial charge in [-0.2, -0.15) is 0 Å². The second-order valence-electron chi connectivity index (χ2n) is 4.88. The van der Waals surface area contributed by atoms with E-state index < -0.39 is 11.3 Å². The van der Waals surface area contributed by atoms with E-state index in [0.717, 1.165) is 5.56 Å². The van der Waals surface area contributed by atoms with Crippen molar-refractivity contribution in [3.8, 4) is 0 Å². The molecule has 0 saturated carbocycles. The predicted octanol–water partition coefficient (Wildman–Crippen LogP) is 3.41. The van der Waals surface area contributed by atoms with E-state index >= 15 is 0 Å². The molecule has 0 bridgehead atoms. The number of rotatable bonds is 4. The summed E-state index contributed by atoms with van der Waals surface area (Å²) in [5.41, 5.74) is 0.430. The van der Waals surface area contributed by atoms with E-state index in [1.165, 1.54) is 13.8 Å². The molecule has 3 heteroatoms. The fraction of sp³-hybridized carbons (Fsp3) is 0.429. The van der Waals surface area contributed by atoms with Crippen LogP contribution in [0.5, 0.6) is 0 Å². The topological polar surface area (TPSA) is 34.1 Å². The maximum Gasteiger partial charge on any atom is 0.141 e. The van der Waals surface area contributed by atoms with Crippen LogP contribution in [0.15, 0.2) is 24.3 Å². The Bertz CT molecular complexity index is 418. The molecule has 0 spiro atoms. The lowest BCUT2D eigenvalue weighted by atomic mass is 9.70. The maximum absolute atomic E-state index is 11.6. The minimum absolute atomic E-state index is 0.0996. The number of halogens is 1. The molecule has 0 unspecified atom stereocenters. The zero-order valence-electron chi connectivity index (χ0n) is 10.6. The van der Waals surface area contributed by atoms with Crippen LogP contribution in [0.4, 0.5) is 0 Å². The van der Waals surface area contributed by atoms with E-state index in [0.29, 0.717) is 5.02 Å². The van der Waals surface area contributed by atoms with E-state index in [2.05, 4.69) is 0 Å². The first-order chi connectivity index (χ1) is 7.76. The Balaban J connectivity index is 3.20. The van der Waals surface area contributed by atoms with Crippen molar-refractivity contribution in [1.29, 1.82) is 0 Å². The summed E-state index contributed by atoms with van der Waals surface area (Å²) in [6.45, 7) is 6.74. The van der Waals surface area contributed by atoms with Crippen LogP contribution < -0.4 is 0 Å². The van der Waals surface area contributed by atoms with Crippen LogP contribution >= 0.6 is 11.6 Å². The number of carbonyl (C=O) groups is 2. The SMILES string of the molecule is CC(=O)C(C(C)=O)C(C)(C)c1ccc(Cl)cc1. The van der Waals surface area contributed by atoms with Gasteiger partial charge < -0.3 is 0 Å². The van der Waals surface area contributed by atoms with Crippen LogP contribution in [0.25, 0.3) is 0 Å². The highest BCUT2D eigenvalue weighted by Crippen LogP contribution is 2.33. The quantitative estimate of drug-likeness (QED) is 0.770. The molecule has 0 heterocycles. The van der Waals surface area contributed by atoms with E-state index in [1.54, 1.807) is 12.1 Å². The van der Waals surface area contributed by atoms with Gasteiger partial charge in [-0.25, -0.2) is 0 Å². The summed E-state index contributed by atoms with van der Waals surface area (Å²) in [6.07, 6.45) is 0. The second-order valence-corrected chi connectivity index (χ2v) is 5.32. The highest BCUT2D eigenvalue weighted by atomic mass is 35.5. The Hall–Kier alpha value is -1.15. The Kier molecular flexibility index (Phi) is 4.10. The number of benzene rings is 1. The van der Waals surface area contributed by atoms with Crippen molar-refractivity contribution >= 4 is 23.2 Å². The van der Waals surface area contributed by atoms with E-state index in [1.807, 2.05) is 26.0 Å². The molecule has 0 radical (unpaired) electrons. The Morgan fingerprint density at radius 3 is 1.82 bits per heavy atom. The van der Waals surface area contributed by atoms with Crippen molar-refractivity contribution in [3.63, 3.8) is 0 Å². The van der Waals surface area contributed by atoms with E-state index in [4.69, 9.17) is 11.6 Å². The fourth-order valence-electron chi connectivity index (χ4n) is 2.35. The van der Waals surface area contributed by atoms with Gasteiger partial charge in [0.25, 0.3) is 0 Å². The molecule has 1 aromatic carbocycles. The Labute approximate surface area is 107 Å². The Morgan fingerprint density at radius 1 is 1.06 bits per heavy atom. The summed E-state index contributed by atoms with van der Waals surface area (Å²) in [4.78, 5) is 23.3. The third kappa shape index (κ3) is 2.95. The standard InChI is InChI=1S/C14H17ClO2/c1-9(16)13(10(2)17)14(3,4)11-5-7-12(15)8-6-11/h5-8,13H,1-4H3. The van der Waals surface area contributed by atoms with E-state index in [-0.39, 0.29) is 11.6 Å². The molecule has 0 aliphatic rings. The van der Waals surface area contributed by atoms with Gasteiger partial charge in [0.15, 0.2) is 0 Å². The van der Waals surface area contributed by atoms with Gasteiger partial charge in [-0.3, -0.25) is 9.59 Å². The maximum atomic E-state index is 11.6. The van der Waals surface area contributed by atoms with Gasteiger partial charge in [0.05, 0.1) is 5.92 Å². The van der Waals surface area contributed by atoms with Crippen LogP contribution in [0.1, 0.15) is 33.3 Å². The molecule has 0 aliphatic heterocycles. The minimum atomic E-state index is -0.608. The van der Waals surface area contributed by atoms with Gasteiger partial charge in [0.1, 0.15) is 11.6 Å². The first-order valence-electron chi connectivity index (χ1n) is 5.53. The van der Waals surface area contributed by atoms with Gasteiger partial charge >= 0.3 is 0 Å². The van der Waals surface area contributed by atoms with Crippen molar-refractivity contribution < 1.29 is 9.59 Å². The predicted molar refractivity (Wildman–Crippen MR) is 69.3 cm³/mol. The lowest BCUT2D eigenvalue weighted by Gasteiger charge is -2.31. The molecule has 2 nitrogen and oxygen atoms in total. The van der Waals surface area contributed by atoms with Gasteiger partial charge in [-0.05, 0) is 31.5 Å². The van der Waals surface area contributed by atoms with Crippen molar-refractivity contribution in [2.45, 2.75) is 33.1 Å². The Morgan fingerprint density at radius 2 is 1.47 bits per heavy atom. The molecule has 0 aliphatic carbocycles. The summed E-state index contributed by atoms with van der Waals surface area (Å²) in [7, 11) is 0. The van der Waals surface area contributed by atoms with Gasteiger partial charge in [-0.1, -0.05) is 37.6 Å². The lowest BCUT2D eigenvalue weighted by Crippen LogP contribution is -2.38. The molecule has 1 aromatic rings. The molecular formula is C14H17ClO2. The normalized spacial score (nSPS) is 11.6. The summed E-state index contributed by atoms with van der Waals surface area (Å²) >= 11 is 5.83. The second kappa shape index (κ2) is 5.01. The third-order valence-corrected chi connectivity index (χ3v) is 3.37. The average Bonchev–Trinajstić information content (AvgIpc) is 2.16. The molecule has 1 rings (SSSR count). The molecule has 0 aromatic heterocycles. The summed E-state index contributed by atoms with van der Waals surface area (Å²) < 4.78 is 0. The molecular weight excluding hydrogens is 236 g/mol. The minimum Gasteiger partial charge on any atom is -0.299 e. The third-order valence-electron chi connectivity index (χ3n) is 3.12. The van der Waals surface area contributed by atoms with Crippen LogP contribution in [-0.4, -0.2) is 11.6 Å². The lowest BCUT2D eigenvalue weighted by molar-refractivity contribution is -0.132. The summed E-state index contributed by atoms with van der Waals surface area (Å²) in [6, 6.07) is 7.27. The number of ketones is 2. The van der Waals surface area contributed by atoms with Gasteiger partial charge in [0.2, 0.25) is 0 Å². The molecule has 0 saturated heterocycles. The molecule has 0 fully saturated rings. The number of Topliss-reactive ketones (excluding diaryl/α,β-unsaturated/α-hetero) is 2. The van der Waals surface area contributed by atoms with Crippen molar-refractivity contribution in [2.75, 3.05) is 0 Å². The molecule has 0 N–H and O–H groups in total. The largest absolute Gasteiger partial charge is 0.299 e. The smallest absolute Gasteiger partial charge is 0.141 e. The van der Waals surface area contributed by atoms with Crippen LogP contribution in [0.3, 0.4) is 0 Å². The van der Waals surface area contributed by atoms with Crippen molar-refractivity contribution in [1.82, 2.24) is 0 Å². The summed E-state index contributed by atoms with van der Waals surface area (Å²) in [5.74, 6) is -0.807. The highest BCUT2D eigenvalue weighted by molar-refractivity contribution is 6.30. The fourth-order valence-corrected chi connectivity index (χ4v) is 2.47. The molecule has 0 atom stereocenters. The zero-order chi connectivity index (χ0) is 13.2. The van der Waals surface area contributed by atoms with Crippen molar-refractivity contribution in [2.24, 2.45) is 5.92 Å². The van der Waals surface area contributed by atoms with Gasteiger partial charge in [-0.15, -0.1) is 0 Å². The highest BCUT2D eigenvalue weighted by Gasteiger charge is 2.37. The summed E-state index contributed by atoms with van der Waals surface area (Å²) in [5, 5.41) is 0.645. The van der Waals surface area contributed by atoms with Crippen LogP contribution in [0.2, 0.25) is 5.02 Å². The van der Waals surface area contributed by atoms with Gasteiger partial charge in [0, 0.05) is 10.4 Å². The zero-order valence-corrected chi connectivity index (χ0v) is 11.3. The molecule has 92 valence electrons. The first-order valence-corrected chi connectivity index (χ1v) is 5.91. The van der Waals surface area contributed by atoms with Crippen LogP contribution in [0, 0.1) is 5.92 Å². The van der Waals surface area contributed by atoms with Crippen molar-refractivity contribution in [3.05, 3.63) is 34.9 Å². The van der Waals surface area contributed by atoms with E-state index in [9.17, 15) is 9.59 Å². The molecule has 17 heavy (non-hydrogen) atoms. The monoisotopic (exact) mass is 252 g/mol.